The molecule has 1 saturated heterocycles. The Bertz CT molecular complexity index is 374. The lowest BCUT2D eigenvalue weighted by Crippen LogP contribution is -2.39. The molecule has 0 aliphatic carbocycles. The third kappa shape index (κ3) is 4.56. The Morgan fingerprint density at radius 2 is 1.95 bits per heavy atom. The minimum atomic E-state index is -0.406. The van der Waals surface area contributed by atoms with Crippen molar-refractivity contribution < 1.29 is 9.84 Å². The fourth-order valence-electron chi connectivity index (χ4n) is 2.53. The molecule has 2 rings (SSSR count). The van der Waals surface area contributed by atoms with Crippen LogP contribution in [-0.2, 0) is 4.74 Å². The lowest BCUT2D eigenvalue weighted by atomic mass is 10.1. The van der Waals surface area contributed by atoms with Crippen LogP contribution in [0.5, 0.6) is 0 Å². The van der Waals surface area contributed by atoms with Crippen LogP contribution in [-0.4, -0.2) is 42.4 Å². The highest BCUT2D eigenvalue weighted by atomic mass is 79.9. The second-order valence-corrected chi connectivity index (χ2v) is 5.94. The molecule has 1 heterocycles. The Hall–Kier alpha value is -0.420. The quantitative estimate of drug-likeness (QED) is 0.902. The van der Waals surface area contributed by atoms with E-state index in [9.17, 15) is 5.11 Å². The highest BCUT2D eigenvalue weighted by molar-refractivity contribution is 9.10. The van der Waals surface area contributed by atoms with Crippen LogP contribution in [0.15, 0.2) is 28.7 Å². The van der Waals surface area contributed by atoms with Crippen molar-refractivity contribution in [1.29, 1.82) is 0 Å². The summed E-state index contributed by atoms with van der Waals surface area (Å²) in [4.78, 5) is 2.32. The molecule has 4 heteroatoms. The smallest absolute Gasteiger partial charge is 0.0916 e. The van der Waals surface area contributed by atoms with Gasteiger partial charge in [0, 0.05) is 30.7 Å². The van der Waals surface area contributed by atoms with Crippen molar-refractivity contribution >= 4 is 15.9 Å². The van der Waals surface area contributed by atoms with E-state index in [4.69, 9.17) is 4.74 Å². The maximum absolute atomic E-state index is 10.2. The summed E-state index contributed by atoms with van der Waals surface area (Å²) in [6.07, 6.45) is 2.14. The first-order chi connectivity index (χ1) is 9.19. The van der Waals surface area contributed by atoms with Crippen molar-refractivity contribution in [3.63, 3.8) is 0 Å². The average molecular weight is 328 g/mol. The zero-order valence-corrected chi connectivity index (χ0v) is 13.0. The third-order valence-corrected chi connectivity index (χ3v) is 4.15. The van der Waals surface area contributed by atoms with E-state index in [1.54, 1.807) is 0 Å². The summed E-state index contributed by atoms with van der Waals surface area (Å²) in [6, 6.07) is 7.89. The molecule has 0 bridgehead atoms. The highest BCUT2D eigenvalue weighted by Gasteiger charge is 2.21. The van der Waals surface area contributed by atoms with E-state index in [2.05, 4.69) is 20.8 Å². The van der Waals surface area contributed by atoms with Gasteiger partial charge in [0.05, 0.1) is 12.2 Å². The number of hydrogen-bond acceptors (Lipinski definition) is 3. The van der Waals surface area contributed by atoms with E-state index < -0.39 is 6.10 Å². The van der Waals surface area contributed by atoms with E-state index >= 15 is 0 Å². The molecule has 1 aromatic rings. The summed E-state index contributed by atoms with van der Waals surface area (Å²) < 4.78 is 6.68. The van der Waals surface area contributed by atoms with Crippen LogP contribution in [0.25, 0.3) is 0 Å². The second kappa shape index (κ2) is 7.39. The molecule has 1 N–H and O–H groups in total. The highest BCUT2D eigenvalue weighted by Crippen LogP contribution is 2.20. The Morgan fingerprint density at radius 1 is 1.32 bits per heavy atom. The minimum absolute atomic E-state index is 0.406. The van der Waals surface area contributed by atoms with Gasteiger partial charge in [-0.1, -0.05) is 28.1 Å². The van der Waals surface area contributed by atoms with E-state index in [0.29, 0.717) is 12.6 Å². The normalized spacial score (nSPS) is 19.5. The van der Waals surface area contributed by atoms with Gasteiger partial charge in [0.2, 0.25) is 0 Å². The van der Waals surface area contributed by atoms with Crippen LogP contribution in [0.1, 0.15) is 31.4 Å². The van der Waals surface area contributed by atoms with Gasteiger partial charge >= 0.3 is 0 Å². The number of halogens is 1. The lowest BCUT2D eigenvalue weighted by molar-refractivity contribution is 0.00328. The molecule has 0 radical (unpaired) electrons. The van der Waals surface area contributed by atoms with Crippen LogP contribution in [0.2, 0.25) is 0 Å². The number of rotatable bonds is 5. The van der Waals surface area contributed by atoms with Crippen molar-refractivity contribution in [2.45, 2.75) is 32.0 Å². The number of ether oxygens (including phenoxy) is 1. The molecular weight excluding hydrogens is 306 g/mol. The number of benzene rings is 1. The second-order valence-electron chi connectivity index (χ2n) is 5.02. The molecule has 0 amide bonds. The molecule has 1 aromatic carbocycles. The van der Waals surface area contributed by atoms with Crippen LogP contribution in [0.4, 0.5) is 0 Å². The molecule has 1 atom stereocenters. The molecule has 1 unspecified atom stereocenters. The van der Waals surface area contributed by atoms with Gasteiger partial charge in [0.25, 0.3) is 0 Å². The summed E-state index contributed by atoms with van der Waals surface area (Å²) >= 11 is 3.41. The third-order valence-electron chi connectivity index (χ3n) is 3.62. The number of nitrogens with zero attached hydrogens (tertiary/aromatic N) is 1. The van der Waals surface area contributed by atoms with Gasteiger partial charge in [-0.15, -0.1) is 0 Å². The fourth-order valence-corrected chi connectivity index (χ4v) is 2.79. The van der Waals surface area contributed by atoms with Crippen molar-refractivity contribution in [2.75, 3.05) is 26.2 Å². The maximum atomic E-state index is 10.2. The number of hydrogen-bond donors (Lipinski definition) is 1. The summed E-state index contributed by atoms with van der Waals surface area (Å²) in [6.45, 7) is 5.58. The first-order valence-corrected chi connectivity index (χ1v) is 7.76. The number of aliphatic hydroxyl groups is 1. The largest absolute Gasteiger partial charge is 0.387 e. The molecular formula is C15H22BrNO2. The van der Waals surface area contributed by atoms with Gasteiger partial charge in [-0.05, 0) is 37.5 Å². The van der Waals surface area contributed by atoms with Crippen LogP contribution in [0.3, 0.4) is 0 Å². The van der Waals surface area contributed by atoms with Gasteiger partial charge in [-0.2, -0.15) is 0 Å². The Balaban J connectivity index is 1.80. The zero-order chi connectivity index (χ0) is 13.7. The first kappa shape index (κ1) is 15.0. The monoisotopic (exact) mass is 327 g/mol. The number of aliphatic hydroxyl groups excluding tert-OH is 1. The zero-order valence-electron chi connectivity index (χ0n) is 11.4. The standard InChI is InChI=1S/C15H22BrNO2/c1-2-19-14-7-9-17(10-8-14)11-15(18)12-3-5-13(16)6-4-12/h3-6,14-15,18H,2,7-11H2,1H3. The summed E-state index contributed by atoms with van der Waals surface area (Å²) in [5.74, 6) is 0. The van der Waals surface area contributed by atoms with Crippen molar-refractivity contribution in [2.24, 2.45) is 0 Å². The Labute approximate surface area is 123 Å². The Morgan fingerprint density at radius 3 is 2.53 bits per heavy atom. The van der Waals surface area contributed by atoms with Crippen molar-refractivity contribution in [3.8, 4) is 0 Å². The molecule has 106 valence electrons. The molecule has 0 saturated carbocycles. The minimum Gasteiger partial charge on any atom is -0.387 e. The van der Waals surface area contributed by atoms with Crippen LogP contribution < -0.4 is 0 Å². The topological polar surface area (TPSA) is 32.7 Å². The lowest BCUT2D eigenvalue weighted by Gasteiger charge is -2.33. The molecule has 0 aromatic heterocycles. The van der Waals surface area contributed by atoms with Gasteiger partial charge in [0.15, 0.2) is 0 Å². The van der Waals surface area contributed by atoms with Crippen LogP contribution in [0, 0.1) is 0 Å². The van der Waals surface area contributed by atoms with Crippen molar-refractivity contribution in [3.05, 3.63) is 34.3 Å². The SMILES string of the molecule is CCOC1CCN(CC(O)c2ccc(Br)cc2)CC1. The van der Waals surface area contributed by atoms with E-state index in [1.807, 2.05) is 31.2 Å². The van der Waals surface area contributed by atoms with Crippen LogP contribution >= 0.6 is 15.9 Å². The average Bonchev–Trinajstić information content (AvgIpc) is 2.42. The summed E-state index contributed by atoms with van der Waals surface area (Å²) in [7, 11) is 0. The predicted molar refractivity (Wildman–Crippen MR) is 80.2 cm³/mol. The molecule has 1 aliphatic rings. The van der Waals surface area contributed by atoms with Gasteiger partial charge in [-0.3, -0.25) is 0 Å². The van der Waals surface area contributed by atoms with E-state index in [0.717, 1.165) is 42.6 Å². The number of β-amino-alcohol motifs (C(OH)–C–C–N with tert-alkyl or cyclic N) is 1. The molecule has 3 nitrogen and oxygen atoms in total. The Kier molecular flexibility index (Phi) is 5.82. The first-order valence-electron chi connectivity index (χ1n) is 6.96. The molecule has 19 heavy (non-hydrogen) atoms. The predicted octanol–water partition coefficient (Wildman–Crippen LogP) is 2.98. The van der Waals surface area contributed by atoms with Gasteiger partial charge < -0.3 is 14.7 Å². The van der Waals surface area contributed by atoms with E-state index in [-0.39, 0.29) is 0 Å². The van der Waals surface area contributed by atoms with E-state index in [1.165, 1.54) is 0 Å². The van der Waals surface area contributed by atoms with Gasteiger partial charge in [0.1, 0.15) is 0 Å². The maximum Gasteiger partial charge on any atom is 0.0916 e. The van der Waals surface area contributed by atoms with Crippen molar-refractivity contribution in [1.82, 2.24) is 4.90 Å². The number of likely N-dealkylation sites (tertiary alicyclic amines) is 1. The molecule has 1 aliphatic heterocycles. The summed E-state index contributed by atoms with van der Waals surface area (Å²) in [5.41, 5.74) is 0.982. The van der Waals surface area contributed by atoms with Gasteiger partial charge in [-0.25, -0.2) is 0 Å². The number of piperidine rings is 1. The molecule has 1 fully saturated rings. The summed E-state index contributed by atoms with van der Waals surface area (Å²) in [5, 5.41) is 10.2. The molecule has 0 spiro atoms. The fraction of sp³-hybridized carbons (Fsp3) is 0.600.